The highest BCUT2D eigenvalue weighted by Crippen LogP contribution is 2.33. The van der Waals surface area contributed by atoms with Gasteiger partial charge in [-0.05, 0) is 13.0 Å². The van der Waals surface area contributed by atoms with Crippen LogP contribution in [0.15, 0.2) is 0 Å². The first kappa shape index (κ1) is 12.8. The van der Waals surface area contributed by atoms with Gasteiger partial charge in [0.2, 0.25) is 0 Å². The molecular weight excluding hydrogens is 172 g/mol. The predicted octanol–water partition coefficient (Wildman–Crippen LogP) is 3.01. The number of alkyl halides is 2. The molecule has 1 aliphatic rings. The molecule has 0 aromatic heterocycles. The molecule has 0 aromatic carbocycles. The van der Waals surface area contributed by atoms with Gasteiger partial charge < -0.3 is 0 Å². The van der Waals surface area contributed by atoms with E-state index in [9.17, 15) is 8.78 Å². The van der Waals surface area contributed by atoms with Crippen LogP contribution in [0.4, 0.5) is 8.78 Å². The fraction of sp³-hybridized carbons (Fsp3) is 1.00. The van der Waals surface area contributed by atoms with E-state index in [-0.39, 0.29) is 19.0 Å². The van der Waals surface area contributed by atoms with Gasteiger partial charge >= 0.3 is 0 Å². The molecule has 1 fully saturated rings. The largest absolute Gasteiger partial charge is 0.297 e. The highest BCUT2D eigenvalue weighted by Gasteiger charge is 2.43. The van der Waals surface area contributed by atoms with Crippen LogP contribution in [-0.4, -0.2) is 30.5 Å². The Balaban J connectivity index is 0.000000671. The zero-order valence-electron chi connectivity index (χ0n) is 9.27. The van der Waals surface area contributed by atoms with Crippen molar-refractivity contribution in [3.63, 3.8) is 0 Å². The van der Waals surface area contributed by atoms with Crippen molar-refractivity contribution >= 4 is 0 Å². The fourth-order valence-corrected chi connectivity index (χ4v) is 1.75. The van der Waals surface area contributed by atoms with Crippen molar-refractivity contribution in [2.45, 2.75) is 46.1 Å². The maximum absolute atomic E-state index is 12.8. The van der Waals surface area contributed by atoms with E-state index in [2.05, 4.69) is 0 Å². The topological polar surface area (TPSA) is 3.24 Å². The van der Waals surface area contributed by atoms with Gasteiger partial charge in [-0.2, -0.15) is 0 Å². The van der Waals surface area contributed by atoms with Gasteiger partial charge in [-0.25, -0.2) is 8.78 Å². The molecule has 1 rings (SSSR count). The fourth-order valence-electron chi connectivity index (χ4n) is 1.75. The lowest BCUT2D eigenvalue weighted by Gasteiger charge is -2.21. The van der Waals surface area contributed by atoms with Crippen LogP contribution < -0.4 is 0 Å². The summed E-state index contributed by atoms with van der Waals surface area (Å²) in [7, 11) is 1.77. The Hall–Kier alpha value is -0.180. The first-order valence-electron chi connectivity index (χ1n) is 5.00. The molecule has 1 nitrogen and oxygen atoms in total. The summed E-state index contributed by atoms with van der Waals surface area (Å²) >= 11 is 0. The third-order valence-electron chi connectivity index (χ3n) is 2.32. The number of hydrogen-bond acceptors (Lipinski definition) is 1. The van der Waals surface area contributed by atoms with Gasteiger partial charge in [0.15, 0.2) is 0 Å². The van der Waals surface area contributed by atoms with E-state index in [1.165, 1.54) is 0 Å². The number of hydrogen-bond donors (Lipinski definition) is 0. The summed E-state index contributed by atoms with van der Waals surface area (Å²) in [4.78, 5) is 1.75. The minimum absolute atomic E-state index is 0.0289. The monoisotopic (exact) mass is 193 g/mol. The zero-order valence-corrected chi connectivity index (χ0v) is 9.27. The lowest BCUT2D eigenvalue weighted by molar-refractivity contribution is 0.0137. The Morgan fingerprint density at radius 1 is 1.31 bits per heavy atom. The molecule has 0 bridgehead atoms. The van der Waals surface area contributed by atoms with Crippen LogP contribution in [-0.2, 0) is 0 Å². The number of rotatable bonds is 1. The number of likely N-dealkylation sites (tertiary alicyclic amines) is 1. The van der Waals surface area contributed by atoms with Crippen LogP contribution in [0.1, 0.15) is 34.1 Å². The second-order valence-electron chi connectivity index (χ2n) is 3.79. The molecule has 0 N–H and O–H groups in total. The molecule has 3 heteroatoms. The maximum atomic E-state index is 12.8. The second-order valence-corrected chi connectivity index (χ2v) is 3.79. The van der Waals surface area contributed by atoms with E-state index >= 15 is 0 Å². The van der Waals surface area contributed by atoms with Crippen molar-refractivity contribution in [3.05, 3.63) is 0 Å². The van der Waals surface area contributed by atoms with Crippen molar-refractivity contribution in [2.75, 3.05) is 13.6 Å². The molecule has 1 heterocycles. The van der Waals surface area contributed by atoms with Gasteiger partial charge in [-0.1, -0.05) is 27.7 Å². The molecule has 0 radical (unpaired) electrons. The maximum Gasteiger partial charge on any atom is 0.262 e. The normalized spacial score (nSPS) is 27.2. The molecule has 0 aromatic rings. The molecular formula is C10H21F2N. The molecule has 0 amide bonds. The van der Waals surface area contributed by atoms with Crippen molar-refractivity contribution in [1.29, 1.82) is 0 Å². The van der Waals surface area contributed by atoms with E-state index in [0.29, 0.717) is 5.92 Å². The Bertz CT molecular complexity index is 146. The first-order valence-corrected chi connectivity index (χ1v) is 5.00. The lowest BCUT2D eigenvalue weighted by Crippen LogP contribution is -2.29. The van der Waals surface area contributed by atoms with Crippen molar-refractivity contribution < 1.29 is 8.78 Å². The summed E-state index contributed by atoms with van der Waals surface area (Å²) in [5.74, 6) is -2.13. The zero-order chi connectivity index (χ0) is 10.6. The van der Waals surface area contributed by atoms with Gasteiger partial charge in [-0.3, -0.25) is 4.90 Å². The summed E-state index contributed by atoms with van der Waals surface area (Å²) in [5.41, 5.74) is 0. The highest BCUT2D eigenvalue weighted by atomic mass is 19.3. The SMILES string of the molecule is CC.CC(C)[C@H]1CC(F)(F)CN1C. The van der Waals surface area contributed by atoms with Crippen molar-refractivity contribution in [1.82, 2.24) is 4.90 Å². The number of nitrogens with zero attached hydrogens (tertiary/aromatic N) is 1. The van der Waals surface area contributed by atoms with Gasteiger partial charge in [0, 0.05) is 12.5 Å². The van der Waals surface area contributed by atoms with Crippen LogP contribution in [0.3, 0.4) is 0 Å². The van der Waals surface area contributed by atoms with Crippen LogP contribution in [0.5, 0.6) is 0 Å². The first-order chi connectivity index (χ1) is 5.92. The summed E-state index contributed by atoms with van der Waals surface area (Å²) in [5, 5.41) is 0. The number of halogens is 2. The van der Waals surface area contributed by atoms with E-state index < -0.39 is 5.92 Å². The Morgan fingerprint density at radius 3 is 1.92 bits per heavy atom. The summed E-state index contributed by atoms with van der Waals surface area (Å²) in [6, 6.07) is 0.0602. The minimum Gasteiger partial charge on any atom is -0.297 e. The van der Waals surface area contributed by atoms with Crippen LogP contribution >= 0.6 is 0 Å². The van der Waals surface area contributed by atoms with E-state index in [4.69, 9.17) is 0 Å². The van der Waals surface area contributed by atoms with Crippen LogP contribution in [0.2, 0.25) is 0 Å². The van der Waals surface area contributed by atoms with Gasteiger partial charge in [0.25, 0.3) is 5.92 Å². The summed E-state index contributed by atoms with van der Waals surface area (Å²) in [6.07, 6.45) is 0.0289. The molecule has 13 heavy (non-hydrogen) atoms. The standard InChI is InChI=1S/C8H15F2N.C2H6/c1-6(2)7-4-8(9,10)5-11(7)3;1-2/h6-7H,4-5H2,1-3H3;1-2H3/t7-;/m1./s1. The smallest absolute Gasteiger partial charge is 0.262 e. The average molecular weight is 193 g/mol. The third-order valence-corrected chi connectivity index (χ3v) is 2.32. The Labute approximate surface area is 80.1 Å². The second kappa shape index (κ2) is 4.89. The van der Waals surface area contributed by atoms with Crippen molar-refractivity contribution in [3.8, 4) is 0 Å². The molecule has 1 atom stereocenters. The van der Waals surface area contributed by atoms with Gasteiger partial charge in [0.05, 0.1) is 6.54 Å². The highest BCUT2D eigenvalue weighted by molar-refractivity contribution is 4.89. The van der Waals surface area contributed by atoms with Gasteiger partial charge in [-0.15, -0.1) is 0 Å². The summed E-state index contributed by atoms with van der Waals surface area (Å²) in [6.45, 7) is 7.90. The quantitative estimate of drug-likeness (QED) is 0.618. The lowest BCUT2D eigenvalue weighted by atomic mass is 10.0. The molecule has 1 saturated heterocycles. The van der Waals surface area contributed by atoms with Crippen LogP contribution in [0, 0.1) is 5.92 Å². The van der Waals surface area contributed by atoms with E-state index in [1.54, 1.807) is 11.9 Å². The Kier molecular flexibility index (Phi) is 4.82. The Morgan fingerprint density at radius 2 is 1.77 bits per heavy atom. The predicted molar refractivity (Wildman–Crippen MR) is 52.2 cm³/mol. The molecule has 0 saturated carbocycles. The third kappa shape index (κ3) is 3.59. The molecule has 0 unspecified atom stereocenters. The van der Waals surface area contributed by atoms with E-state index in [1.807, 2.05) is 27.7 Å². The van der Waals surface area contributed by atoms with Gasteiger partial charge in [0.1, 0.15) is 0 Å². The van der Waals surface area contributed by atoms with Crippen molar-refractivity contribution in [2.24, 2.45) is 5.92 Å². The average Bonchev–Trinajstić information content (AvgIpc) is 2.29. The molecule has 80 valence electrons. The molecule has 0 aliphatic carbocycles. The molecule has 1 aliphatic heterocycles. The minimum atomic E-state index is -2.45. The summed E-state index contributed by atoms with van der Waals surface area (Å²) < 4.78 is 25.5. The van der Waals surface area contributed by atoms with E-state index in [0.717, 1.165) is 0 Å². The molecule has 0 spiro atoms. The van der Waals surface area contributed by atoms with Crippen LogP contribution in [0.25, 0.3) is 0 Å².